The van der Waals surface area contributed by atoms with Gasteiger partial charge in [0.15, 0.2) is 0 Å². The molecule has 2 unspecified atom stereocenters. The largest absolute Gasteiger partial charge is 0.506 e. The van der Waals surface area contributed by atoms with Crippen LogP contribution in [-0.2, 0) is 19.8 Å². The van der Waals surface area contributed by atoms with Gasteiger partial charge in [0.25, 0.3) is 5.91 Å². The highest BCUT2D eigenvalue weighted by Gasteiger charge is 2.48. The molecule has 2 atom stereocenters. The molecule has 258 valence electrons. The van der Waals surface area contributed by atoms with Crippen LogP contribution in [-0.4, -0.2) is 59.5 Å². The molecule has 5 rings (SSSR count). The molecular formula is C40H54N4O4. The maximum Gasteiger partial charge on any atom is 0.251 e. The summed E-state index contributed by atoms with van der Waals surface area (Å²) in [5.41, 5.74) is 4.29. The first-order chi connectivity index (χ1) is 22.0. The van der Waals surface area contributed by atoms with E-state index in [4.69, 9.17) is 0 Å². The Morgan fingerprint density at radius 3 is 2.04 bits per heavy atom. The van der Waals surface area contributed by atoms with E-state index in [9.17, 15) is 19.5 Å². The van der Waals surface area contributed by atoms with Gasteiger partial charge >= 0.3 is 0 Å². The molecule has 48 heavy (non-hydrogen) atoms. The molecule has 1 aromatic carbocycles. The molecule has 0 spiro atoms. The molecule has 2 N–H and O–H groups in total. The van der Waals surface area contributed by atoms with Gasteiger partial charge in [0.1, 0.15) is 5.76 Å². The zero-order valence-electron chi connectivity index (χ0n) is 31.4. The molecule has 4 aliphatic rings. The first-order valence-electron chi connectivity index (χ1n) is 17.3. The fourth-order valence-corrected chi connectivity index (χ4v) is 6.99. The van der Waals surface area contributed by atoms with Gasteiger partial charge in [0, 0.05) is 70.4 Å². The van der Waals surface area contributed by atoms with E-state index in [-0.39, 0.29) is 57.4 Å². The van der Waals surface area contributed by atoms with Crippen LogP contribution in [0.2, 0.25) is 0 Å². The van der Waals surface area contributed by atoms with Crippen molar-refractivity contribution >= 4 is 40.3 Å². The number of nitrogens with zero attached hydrogens (tertiary/aromatic N) is 3. The lowest BCUT2D eigenvalue weighted by Gasteiger charge is -2.30. The summed E-state index contributed by atoms with van der Waals surface area (Å²) in [4.78, 5) is 50.3. The number of rotatable bonds is 6. The van der Waals surface area contributed by atoms with Crippen LogP contribution < -0.4 is 10.2 Å². The Morgan fingerprint density at radius 1 is 0.896 bits per heavy atom. The number of nitrogens with one attached hydrogen (secondary N) is 1. The van der Waals surface area contributed by atoms with Crippen molar-refractivity contribution in [2.75, 3.05) is 24.3 Å². The standard InChI is InChI=1S/C40H54N4O4/c1-15-37(5,6)35(47)41-27-19-29-25(39(9,10)21(3)43(29)13)17-23(27)31-33(45)32(34(31)46)24-18-26-30(44(14)22(4)40(26,11)12)20-28(24)42-36(48)38(7,8)16-2/h17-22,45H,15-16H2,1-14H3,(H,41,47)/b32-24-,42-28?. The van der Waals surface area contributed by atoms with E-state index >= 15 is 0 Å². The lowest BCUT2D eigenvalue weighted by Crippen LogP contribution is -2.36. The average molecular weight is 655 g/mol. The maximum atomic E-state index is 14.4. The van der Waals surface area contributed by atoms with E-state index in [1.54, 1.807) is 0 Å². The molecular weight excluding hydrogens is 600 g/mol. The summed E-state index contributed by atoms with van der Waals surface area (Å²) >= 11 is 0. The van der Waals surface area contributed by atoms with Crippen molar-refractivity contribution in [1.82, 2.24) is 4.90 Å². The summed E-state index contributed by atoms with van der Waals surface area (Å²) in [6.07, 6.45) is 5.07. The van der Waals surface area contributed by atoms with E-state index < -0.39 is 10.8 Å². The summed E-state index contributed by atoms with van der Waals surface area (Å²) in [7, 11) is 4.07. The van der Waals surface area contributed by atoms with E-state index in [0.717, 1.165) is 22.5 Å². The fraction of sp³-hybridized carbons (Fsp3) is 0.550. The Hall–Kier alpha value is -3.94. The summed E-state index contributed by atoms with van der Waals surface area (Å²) in [6.45, 7) is 24.4. The third-order valence-electron chi connectivity index (χ3n) is 12.5. The van der Waals surface area contributed by atoms with Crippen molar-refractivity contribution in [3.8, 4) is 0 Å². The first kappa shape index (κ1) is 35.4. The Balaban J connectivity index is 1.75. The van der Waals surface area contributed by atoms with Crippen LogP contribution >= 0.6 is 0 Å². The van der Waals surface area contributed by atoms with E-state index in [1.807, 2.05) is 79.9 Å². The van der Waals surface area contributed by atoms with Crippen LogP contribution in [0.1, 0.15) is 107 Å². The number of likely N-dealkylation sites (N-methyl/N-ethyl adjacent to an activating group) is 2. The van der Waals surface area contributed by atoms with Gasteiger partial charge in [-0.25, -0.2) is 4.99 Å². The van der Waals surface area contributed by atoms with Crippen molar-refractivity contribution in [1.29, 1.82) is 0 Å². The van der Waals surface area contributed by atoms with Gasteiger partial charge in [-0.2, -0.15) is 0 Å². The van der Waals surface area contributed by atoms with Crippen LogP contribution in [0.25, 0.3) is 5.57 Å². The summed E-state index contributed by atoms with van der Waals surface area (Å²) in [5, 5.41) is 15.0. The SMILES string of the molecule is CCC(C)(C)C(=O)N=C1C=C2C(=C/C1=C1/C(=O)C(c3cc4c(cc3NC(=O)C(C)(C)CC)N(C)C(C)C4(C)C)=C1O)C(C)(C)C(C)N2C. The molecule has 1 aromatic rings. The Morgan fingerprint density at radius 2 is 1.48 bits per heavy atom. The van der Waals surface area contributed by atoms with Crippen LogP contribution in [0.5, 0.6) is 0 Å². The third kappa shape index (κ3) is 5.09. The topological polar surface area (TPSA) is 102 Å². The number of hydrogen-bond donors (Lipinski definition) is 2. The molecule has 2 aliphatic heterocycles. The van der Waals surface area contributed by atoms with Crippen LogP contribution in [0, 0.1) is 16.2 Å². The number of aliphatic hydroxyl groups excluding tert-OH is 1. The number of fused-ring (bicyclic) bond motifs is 2. The lowest BCUT2D eigenvalue weighted by atomic mass is 9.73. The number of Topliss-reactive ketones (excluding diaryl/α,β-unsaturated/α-hetero) is 1. The van der Waals surface area contributed by atoms with Crippen LogP contribution in [0.4, 0.5) is 11.4 Å². The number of carbonyl (C=O) groups is 3. The zero-order valence-corrected chi connectivity index (χ0v) is 31.4. The minimum atomic E-state index is -0.688. The highest BCUT2D eigenvalue weighted by Crippen LogP contribution is 2.52. The van der Waals surface area contributed by atoms with Gasteiger partial charge in [-0.3, -0.25) is 14.4 Å². The minimum Gasteiger partial charge on any atom is -0.506 e. The molecule has 0 aromatic heterocycles. The number of hydrogen-bond acceptors (Lipinski definition) is 6. The normalized spacial score (nSPS) is 25.5. The minimum absolute atomic E-state index is 0.142. The molecule has 8 heteroatoms. The monoisotopic (exact) mass is 654 g/mol. The predicted molar refractivity (Wildman–Crippen MR) is 195 cm³/mol. The quantitative estimate of drug-likeness (QED) is 0.302. The Kier molecular flexibility index (Phi) is 8.34. The lowest BCUT2D eigenvalue weighted by molar-refractivity contribution is -0.126. The number of carbonyl (C=O) groups excluding carboxylic acids is 3. The summed E-state index contributed by atoms with van der Waals surface area (Å²) in [5.74, 6) is -0.936. The van der Waals surface area contributed by atoms with Crippen LogP contribution in [0.3, 0.4) is 0 Å². The molecule has 1 saturated heterocycles. The van der Waals surface area contributed by atoms with Gasteiger partial charge < -0.3 is 20.2 Å². The second-order valence-electron chi connectivity index (χ2n) is 16.6. The second-order valence-corrected chi connectivity index (χ2v) is 16.6. The van der Waals surface area contributed by atoms with Gasteiger partial charge in [0.2, 0.25) is 11.7 Å². The number of likely N-dealkylation sites (tertiary alicyclic amines) is 1. The highest BCUT2D eigenvalue weighted by atomic mass is 16.3. The smallest absolute Gasteiger partial charge is 0.251 e. The van der Waals surface area contributed by atoms with Gasteiger partial charge in [0.05, 0.1) is 22.5 Å². The van der Waals surface area contributed by atoms with Gasteiger partial charge in [-0.15, -0.1) is 0 Å². The summed E-state index contributed by atoms with van der Waals surface area (Å²) in [6, 6.07) is 4.23. The van der Waals surface area contributed by atoms with Crippen molar-refractivity contribution in [3.05, 3.63) is 63.6 Å². The Bertz CT molecular complexity index is 1800. The molecule has 2 aliphatic carbocycles. The van der Waals surface area contributed by atoms with Crippen molar-refractivity contribution in [2.24, 2.45) is 21.2 Å². The maximum absolute atomic E-state index is 14.4. The average Bonchev–Trinajstić information content (AvgIpc) is 3.29. The third-order valence-corrected chi connectivity index (χ3v) is 12.5. The molecule has 0 bridgehead atoms. The molecule has 2 amide bonds. The second kappa shape index (κ2) is 11.3. The van der Waals surface area contributed by atoms with Crippen molar-refractivity contribution < 1.29 is 19.5 Å². The first-order valence-corrected chi connectivity index (χ1v) is 17.3. The van der Waals surface area contributed by atoms with Crippen molar-refractivity contribution in [3.63, 3.8) is 0 Å². The number of anilines is 2. The zero-order chi connectivity index (χ0) is 36.0. The fourth-order valence-electron chi connectivity index (χ4n) is 6.99. The molecule has 8 nitrogen and oxygen atoms in total. The molecule has 1 fully saturated rings. The number of benzene rings is 1. The molecule has 0 radical (unpaired) electrons. The predicted octanol–water partition coefficient (Wildman–Crippen LogP) is 7.91. The summed E-state index contributed by atoms with van der Waals surface area (Å²) < 4.78 is 0. The van der Waals surface area contributed by atoms with E-state index in [1.165, 1.54) is 0 Å². The molecule has 0 saturated carbocycles. The molecule has 2 heterocycles. The number of ketones is 1. The van der Waals surface area contributed by atoms with Crippen molar-refractivity contribution in [2.45, 2.75) is 113 Å². The van der Waals surface area contributed by atoms with Crippen LogP contribution in [0.15, 0.2) is 57.5 Å². The number of aliphatic hydroxyl groups is 1. The van der Waals surface area contributed by atoms with Gasteiger partial charge in [-0.1, -0.05) is 69.2 Å². The number of aliphatic imine (C=N–C) groups is 1. The Labute approximate surface area is 286 Å². The number of amides is 2. The van der Waals surface area contributed by atoms with E-state index in [2.05, 4.69) is 61.7 Å². The number of allylic oxidation sites excluding steroid dienone is 6. The highest BCUT2D eigenvalue weighted by molar-refractivity contribution is 6.42. The van der Waals surface area contributed by atoms with E-state index in [0.29, 0.717) is 35.4 Å². The van der Waals surface area contributed by atoms with Gasteiger partial charge in [-0.05, 0) is 62.1 Å².